The highest BCUT2D eigenvalue weighted by atomic mass is 16.7. The zero-order valence-electron chi connectivity index (χ0n) is 14.4. The van der Waals surface area contributed by atoms with Gasteiger partial charge in [-0.1, -0.05) is 6.07 Å². The van der Waals surface area contributed by atoms with Gasteiger partial charge < -0.3 is 24.4 Å². The molecule has 136 valence electrons. The maximum absolute atomic E-state index is 12.1. The molecule has 0 aromatic heterocycles. The molecule has 3 rings (SSSR count). The summed E-state index contributed by atoms with van der Waals surface area (Å²) >= 11 is 0. The molecule has 0 atom stereocenters. The Bertz CT molecular complexity index is 629. The summed E-state index contributed by atoms with van der Waals surface area (Å²) in [6, 6.07) is 5.65. The fourth-order valence-electron chi connectivity index (χ4n) is 2.94. The van der Waals surface area contributed by atoms with E-state index in [4.69, 9.17) is 14.2 Å². The lowest BCUT2D eigenvalue weighted by atomic mass is 10.2. The molecule has 0 unspecified atom stereocenters. The van der Waals surface area contributed by atoms with Crippen molar-refractivity contribution < 1.29 is 28.7 Å². The number of rotatable bonds is 5. The van der Waals surface area contributed by atoms with Crippen molar-refractivity contribution in [2.45, 2.75) is 13.5 Å². The lowest BCUT2D eigenvalue weighted by Gasteiger charge is -2.31. The van der Waals surface area contributed by atoms with Crippen LogP contribution in [-0.4, -0.2) is 63.0 Å². The van der Waals surface area contributed by atoms with Gasteiger partial charge in [-0.2, -0.15) is 0 Å². The third-order valence-electron chi connectivity index (χ3n) is 4.33. The summed E-state index contributed by atoms with van der Waals surface area (Å²) in [5, 5.41) is 2.93. The summed E-state index contributed by atoms with van der Waals surface area (Å²) < 4.78 is 15.6. The molecule has 1 saturated heterocycles. The van der Waals surface area contributed by atoms with Crippen LogP contribution in [0.2, 0.25) is 0 Å². The molecule has 2 aliphatic rings. The number of ether oxygens (including phenoxy) is 3. The number of nitrogens with one attached hydrogen (secondary N) is 2. The van der Waals surface area contributed by atoms with Gasteiger partial charge in [0.25, 0.3) is 5.91 Å². The summed E-state index contributed by atoms with van der Waals surface area (Å²) in [7, 11) is 0. The van der Waals surface area contributed by atoms with E-state index in [2.05, 4.69) is 5.32 Å². The first-order chi connectivity index (χ1) is 12.2. The maximum Gasteiger partial charge on any atom is 0.410 e. The smallest absolute Gasteiger partial charge is 0.410 e. The molecule has 0 bridgehead atoms. The monoisotopic (exact) mass is 350 g/mol. The molecule has 1 aromatic rings. The molecular weight excluding hydrogens is 326 g/mol. The Kier molecular flexibility index (Phi) is 5.60. The summed E-state index contributed by atoms with van der Waals surface area (Å²) in [5.74, 6) is 1.45. The van der Waals surface area contributed by atoms with Crippen LogP contribution in [0.3, 0.4) is 0 Å². The molecule has 0 saturated carbocycles. The van der Waals surface area contributed by atoms with Gasteiger partial charge in [0.15, 0.2) is 18.0 Å². The normalized spacial score (nSPS) is 16.6. The number of carbonyl (C=O) groups is 2. The van der Waals surface area contributed by atoms with E-state index in [1.54, 1.807) is 11.8 Å². The fraction of sp³-hybridized carbons (Fsp3) is 0.529. The molecule has 1 aromatic carbocycles. The number of nitrogens with zero attached hydrogens (tertiary/aromatic N) is 1. The van der Waals surface area contributed by atoms with Crippen molar-refractivity contribution in [2.24, 2.45) is 0 Å². The Hall–Kier alpha value is -2.48. The van der Waals surface area contributed by atoms with Crippen LogP contribution in [0.25, 0.3) is 0 Å². The molecule has 0 radical (unpaired) electrons. The van der Waals surface area contributed by atoms with Crippen LogP contribution in [-0.2, 0) is 16.1 Å². The van der Waals surface area contributed by atoms with E-state index < -0.39 is 0 Å². The van der Waals surface area contributed by atoms with Gasteiger partial charge in [0, 0.05) is 6.54 Å². The molecule has 2 heterocycles. The predicted octanol–water partition coefficient (Wildman–Crippen LogP) is -0.611. The van der Waals surface area contributed by atoms with Gasteiger partial charge in [0.1, 0.15) is 0 Å². The molecule has 2 amide bonds. The highest BCUT2D eigenvalue weighted by molar-refractivity contribution is 5.76. The Balaban J connectivity index is 1.39. The number of hydrogen-bond donors (Lipinski definition) is 2. The number of amides is 2. The molecule has 0 spiro atoms. The van der Waals surface area contributed by atoms with E-state index in [0.29, 0.717) is 38.5 Å². The fourth-order valence-corrected chi connectivity index (χ4v) is 2.94. The Labute approximate surface area is 146 Å². The standard InChI is InChI=1S/C17H23N3O5/c1-2-23-17(22)20-7-5-19(6-8-20)11-16(21)18-10-13-3-4-14-15(9-13)25-12-24-14/h3-4,9H,2,5-8,10-12H2,1H3,(H,18,21)/p+1. The quantitative estimate of drug-likeness (QED) is 0.740. The first-order valence-electron chi connectivity index (χ1n) is 8.56. The molecule has 0 aliphatic carbocycles. The molecule has 8 heteroatoms. The highest BCUT2D eigenvalue weighted by Crippen LogP contribution is 2.32. The van der Waals surface area contributed by atoms with Gasteiger partial charge in [-0.15, -0.1) is 0 Å². The van der Waals surface area contributed by atoms with E-state index in [9.17, 15) is 9.59 Å². The number of quaternary nitrogens is 1. The number of benzene rings is 1. The second-order valence-electron chi connectivity index (χ2n) is 6.08. The molecular formula is C17H24N3O5+. The van der Waals surface area contributed by atoms with Crippen LogP contribution in [0.5, 0.6) is 11.5 Å². The largest absolute Gasteiger partial charge is 0.454 e. The van der Waals surface area contributed by atoms with E-state index in [-0.39, 0.29) is 18.8 Å². The van der Waals surface area contributed by atoms with Gasteiger partial charge in [-0.25, -0.2) is 4.79 Å². The SMILES string of the molecule is CCOC(=O)N1CC[NH+](CC(=O)NCc2ccc3c(c2)OCO3)CC1. The average molecular weight is 350 g/mol. The second-order valence-corrected chi connectivity index (χ2v) is 6.08. The Morgan fingerprint density at radius 3 is 2.76 bits per heavy atom. The van der Waals surface area contributed by atoms with Crippen molar-refractivity contribution in [1.29, 1.82) is 0 Å². The maximum atomic E-state index is 12.1. The summed E-state index contributed by atoms with van der Waals surface area (Å²) in [6.45, 7) is 6.00. The third kappa shape index (κ3) is 4.54. The molecule has 25 heavy (non-hydrogen) atoms. The second kappa shape index (κ2) is 8.06. The van der Waals surface area contributed by atoms with Crippen molar-refractivity contribution in [3.05, 3.63) is 23.8 Å². The van der Waals surface area contributed by atoms with E-state index >= 15 is 0 Å². The number of piperazine rings is 1. The minimum atomic E-state index is -0.270. The molecule has 1 fully saturated rings. The van der Waals surface area contributed by atoms with Crippen LogP contribution < -0.4 is 19.7 Å². The van der Waals surface area contributed by atoms with Gasteiger partial charge in [-0.3, -0.25) is 9.69 Å². The molecule has 8 nitrogen and oxygen atoms in total. The third-order valence-corrected chi connectivity index (χ3v) is 4.33. The average Bonchev–Trinajstić information content (AvgIpc) is 3.08. The van der Waals surface area contributed by atoms with Crippen LogP contribution in [0, 0.1) is 0 Å². The van der Waals surface area contributed by atoms with Crippen molar-refractivity contribution in [3.63, 3.8) is 0 Å². The van der Waals surface area contributed by atoms with Crippen LogP contribution in [0.15, 0.2) is 18.2 Å². The van der Waals surface area contributed by atoms with Gasteiger partial charge in [-0.05, 0) is 24.6 Å². The zero-order valence-corrected chi connectivity index (χ0v) is 14.4. The lowest BCUT2D eigenvalue weighted by molar-refractivity contribution is -0.896. The predicted molar refractivity (Wildman–Crippen MR) is 88.6 cm³/mol. The zero-order chi connectivity index (χ0) is 17.6. The number of fused-ring (bicyclic) bond motifs is 1. The van der Waals surface area contributed by atoms with Gasteiger partial charge in [0.2, 0.25) is 6.79 Å². The summed E-state index contributed by atoms with van der Waals surface area (Å²) in [5.41, 5.74) is 0.972. The highest BCUT2D eigenvalue weighted by Gasteiger charge is 2.25. The molecule has 2 N–H and O–H groups in total. The van der Waals surface area contributed by atoms with Crippen LogP contribution >= 0.6 is 0 Å². The van der Waals surface area contributed by atoms with Crippen molar-refractivity contribution >= 4 is 12.0 Å². The minimum absolute atomic E-state index is 0.00254. The van der Waals surface area contributed by atoms with E-state index in [0.717, 1.165) is 24.4 Å². The summed E-state index contributed by atoms with van der Waals surface area (Å²) in [6.07, 6.45) is -0.270. The first kappa shape index (κ1) is 17.3. The first-order valence-corrected chi connectivity index (χ1v) is 8.56. The van der Waals surface area contributed by atoms with Crippen molar-refractivity contribution in [2.75, 3.05) is 46.1 Å². The van der Waals surface area contributed by atoms with E-state index in [1.165, 1.54) is 4.90 Å². The Morgan fingerprint density at radius 2 is 2.00 bits per heavy atom. The topological polar surface area (TPSA) is 81.5 Å². The van der Waals surface area contributed by atoms with Crippen LogP contribution in [0.4, 0.5) is 4.79 Å². The Morgan fingerprint density at radius 1 is 1.24 bits per heavy atom. The van der Waals surface area contributed by atoms with Crippen molar-refractivity contribution in [1.82, 2.24) is 10.2 Å². The van der Waals surface area contributed by atoms with Gasteiger partial charge >= 0.3 is 6.09 Å². The van der Waals surface area contributed by atoms with Crippen LogP contribution in [0.1, 0.15) is 12.5 Å². The lowest BCUT2D eigenvalue weighted by Crippen LogP contribution is -3.15. The van der Waals surface area contributed by atoms with Gasteiger partial charge in [0.05, 0.1) is 32.8 Å². The summed E-state index contributed by atoms with van der Waals surface area (Å²) in [4.78, 5) is 26.7. The van der Waals surface area contributed by atoms with E-state index in [1.807, 2.05) is 18.2 Å². The van der Waals surface area contributed by atoms with Crippen molar-refractivity contribution in [3.8, 4) is 11.5 Å². The molecule has 2 aliphatic heterocycles. The number of hydrogen-bond acceptors (Lipinski definition) is 5. The minimum Gasteiger partial charge on any atom is -0.454 e. The number of carbonyl (C=O) groups excluding carboxylic acids is 2.